The number of rotatable bonds is 4. The molecular formula is C8H15Cl2N3O2. The molecule has 0 aliphatic carbocycles. The first kappa shape index (κ1) is 16.6. The molecule has 0 saturated heterocycles. The molecule has 0 radical (unpaired) electrons. The summed E-state index contributed by atoms with van der Waals surface area (Å²) < 4.78 is 0. The van der Waals surface area contributed by atoms with Gasteiger partial charge in [-0.25, -0.2) is 4.98 Å². The molecule has 0 fully saturated rings. The van der Waals surface area contributed by atoms with Crippen molar-refractivity contribution < 1.29 is 9.90 Å². The van der Waals surface area contributed by atoms with Crippen LogP contribution in [0.2, 0.25) is 0 Å². The van der Waals surface area contributed by atoms with Crippen molar-refractivity contribution in [3.05, 3.63) is 18.2 Å². The molecule has 0 amide bonds. The van der Waals surface area contributed by atoms with E-state index in [-0.39, 0.29) is 24.8 Å². The number of carboxylic acid groups (broad SMARTS) is 1. The van der Waals surface area contributed by atoms with Gasteiger partial charge in [0.05, 0.1) is 6.33 Å². The smallest absolute Gasteiger partial charge is 0.321 e. The van der Waals surface area contributed by atoms with Gasteiger partial charge in [0.1, 0.15) is 6.04 Å². The number of hydrogen-bond acceptors (Lipinski definition) is 3. The first-order valence-electron chi connectivity index (χ1n) is 3.97. The number of halogens is 2. The normalized spacial score (nSPS) is 11.4. The van der Waals surface area contributed by atoms with E-state index >= 15 is 0 Å². The van der Waals surface area contributed by atoms with Crippen molar-refractivity contribution in [3.63, 3.8) is 0 Å². The molecule has 1 heterocycles. The maximum absolute atomic E-state index is 10.8. The van der Waals surface area contributed by atoms with Gasteiger partial charge < -0.3 is 10.1 Å². The fraction of sp³-hybridized carbons (Fsp3) is 0.500. The van der Waals surface area contributed by atoms with Crippen LogP contribution in [0.15, 0.2) is 12.5 Å². The summed E-state index contributed by atoms with van der Waals surface area (Å²) in [5.41, 5.74) is 0.834. The van der Waals surface area contributed by atoms with Crippen LogP contribution in [0.25, 0.3) is 0 Å². The summed E-state index contributed by atoms with van der Waals surface area (Å²) in [6.07, 6.45) is 3.63. The Hall–Kier alpha value is -0.780. The van der Waals surface area contributed by atoms with Gasteiger partial charge in [0.2, 0.25) is 0 Å². The summed E-state index contributed by atoms with van der Waals surface area (Å²) in [4.78, 5) is 19.2. The molecule has 1 atom stereocenters. The van der Waals surface area contributed by atoms with Gasteiger partial charge in [-0.1, -0.05) is 0 Å². The molecule has 0 bridgehead atoms. The molecule has 0 aliphatic heterocycles. The molecule has 2 N–H and O–H groups in total. The number of carbonyl (C=O) groups is 1. The van der Waals surface area contributed by atoms with Crippen LogP contribution in [-0.4, -0.2) is 46.1 Å². The van der Waals surface area contributed by atoms with E-state index in [2.05, 4.69) is 9.97 Å². The number of aromatic amines is 1. The third-order valence-corrected chi connectivity index (χ3v) is 1.88. The predicted molar refractivity (Wildman–Crippen MR) is 61.9 cm³/mol. The number of likely N-dealkylation sites (N-methyl/N-ethyl adjacent to an activating group) is 1. The van der Waals surface area contributed by atoms with E-state index < -0.39 is 12.0 Å². The first-order valence-corrected chi connectivity index (χ1v) is 3.97. The molecule has 1 aromatic rings. The molecule has 15 heavy (non-hydrogen) atoms. The molecule has 0 unspecified atom stereocenters. The Labute approximate surface area is 101 Å². The highest BCUT2D eigenvalue weighted by molar-refractivity contribution is 5.85. The topological polar surface area (TPSA) is 69.2 Å². The third-order valence-electron chi connectivity index (χ3n) is 1.88. The Bertz CT molecular complexity index is 277. The Balaban J connectivity index is 0. The molecule has 0 aromatic carbocycles. The zero-order valence-electron chi connectivity index (χ0n) is 8.51. The van der Waals surface area contributed by atoms with Gasteiger partial charge in [0, 0.05) is 18.3 Å². The second kappa shape index (κ2) is 7.50. The van der Waals surface area contributed by atoms with Gasteiger partial charge in [-0.15, -0.1) is 24.8 Å². The number of aromatic nitrogens is 2. The van der Waals surface area contributed by atoms with Crippen LogP contribution in [0.4, 0.5) is 0 Å². The number of nitrogens with one attached hydrogen (secondary N) is 1. The van der Waals surface area contributed by atoms with Crippen LogP contribution in [0.5, 0.6) is 0 Å². The molecule has 0 spiro atoms. The lowest BCUT2D eigenvalue weighted by Gasteiger charge is -2.18. The average Bonchev–Trinajstić information content (AvgIpc) is 2.50. The zero-order valence-corrected chi connectivity index (χ0v) is 10.1. The number of nitrogens with zero attached hydrogens (tertiary/aromatic N) is 2. The predicted octanol–water partition coefficient (Wildman–Crippen LogP) is 0.811. The molecule has 0 saturated carbocycles. The molecule has 1 aromatic heterocycles. The van der Waals surface area contributed by atoms with Crippen LogP contribution >= 0.6 is 24.8 Å². The maximum Gasteiger partial charge on any atom is 0.321 e. The maximum atomic E-state index is 10.8. The van der Waals surface area contributed by atoms with Crippen molar-refractivity contribution in [2.75, 3.05) is 14.1 Å². The second-order valence-corrected chi connectivity index (χ2v) is 3.10. The van der Waals surface area contributed by atoms with Crippen molar-refractivity contribution in [1.82, 2.24) is 14.9 Å². The van der Waals surface area contributed by atoms with Gasteiger partial charge in [-0.05, 0) is 14.1 Å². The summed E-state index contributed by atoms with van der Waals surface area (Å²) in [5.74, 6) is -0.820. The minimum absolute atomic E-state index is 0. The highest BCUT2D eigenvalue weighted by atomic mass is 35.5. The van der Waals surface area contributed by atoms with E-state index in [4.69, 9.17) is 5.11 Å². The van der Waals surface area contributed by atoms with Gasteiger partial charge >= 0.3 is 5.97 Å². The summed E-state index contributed by atoms with van der Waals surface area (Å²) in [7, 11) is 3.49. The van der Waals surface area contributed by atoms with Crippen molar-refractivity contribution >= 4 is 30.8 Å². The summed E-state index contributed by atoms with van der Waals surface area (Å²) in [6, 6.07) is -0.500. The van der Waals surface area contributed by atoms with Crippen LogP contribution in [0.1, 0.15) is 5.69 Å². The van der Waals surface area contributed by atoms with E-state index in [9.17, 15) is 4.79 Å². The molecule has 5 nitrogen and oxygen atoms in total. The number of carboxylic acids is 1. The van der Waals surface area contributed by atoms with E-state index in [1.54, 1.807) is 31.5 Å². The van der Waals surface area contributed by atoms with Crippen LogP contribution < -0.4 is 0 Å². The van der Waals surface area contributed by atoms with E-state index in [1.807, 2.05) is 0 Å². The van der Waals surface area contributed by atoms with Crippen molar-refractivity contribution in [2.45, 2.75) is 12.5 Å². The standard InChI is InChI=1S/C8H13N3O2.2ClH/c1-11(2)7(8(12)13)3-6-4-9-5-10-6;;/h4-5,7H,3H2,1-2H3,(H,9,10)(H,12,13);2*1H/t7-;;/m0../s1. The number of hydrogen-bond donors (Lipinski definition) is 2. The second-order valence-electron chi connectivity index (χ2n) is 3.10. The molecule has 0 aliphatic rings. The van der Waals surface area contributed by atoms with Crippen LogP contribution in [-0.2, 0) is 11.2 Å². The fourth-order valence-electron chi connectivity index (χ4n) is 1.10. The summed E-state index contributed by atoms with van der Waals surface area (Å²) in [5, 5.41) is 8.87. The van der Waals surface area contributed by atoms with Crippen molar-refractivity contribution in [1.29, 1.82) is 0 Å². The van der Waals surface area contributed by atoms with Crippen molar-refractivity contribution in [2.24, 2.45) is 0 Å². The molecule has 7 heteroatoms. The van der Waals surface area contributed by atoms with Crippen molar-refractivity contribution in [3.8, 4) is 0 Å². The molecule has 1 rings (SSSR count). The fourth-order valence-corrected chi connectivity index (χ4v) is 1.10. The van der Waals surface area contributed by atoms with Crippen LogP contribution in [0, 0.1) is 0 Å². The van der Waals surface area contributed by atoms with Gasteiger partial charge in [-0.3, -0.25) is 9.69 Å². The number of aliphatic carboxylic acids is 1. The van der Waals surface area contributed by atoms with Crippen LogP contribution in [0.3, 0.4) is 0 Å². The lowest BCUT2D eigenvalue weighted by Crippen LogP contribution is -2.37. The Morgan fingerprint density at radius 2 is 2.20 bits per heavy atom. The average molecular weight is 256 g/mol. The quantitative estimate of drug-likeness (QED) is 0.836. The Morgan fingerprint density at radius 3 is 2.53 bits per heavy atom. The third kappa shape index (κ3) is 5.01. The van der Waals surface area contributed by atoms with E-state index in [1.165, 1.54) is 0 Å². The first-order chi connectivity index (χ1) is 6.11. The Morgan fingerprint density at radius 1 is 1.60 bits per heavy atom. The highest BCUT2D eigenvalue weighted by Gasteiger charge is 2.20. The number of imidazole rings is 1. The summed E-state index contributed by atoms with van der Waals surface area (Å²) in [6.45, 7) is 0. The number of H-pyrrole nitrogens is 1. The SMILES string of the molecule is CN(C)[C@@H](Cc1cnc[nH]1)C(=O)O.Cl.Cl. The highest BCUT2D eigenvalue weighted by Crippen LogP contribution is 2.03. The minimum Gasteiger partial charge on any atom is -0.480 e. The lowest BCUT2D eigenvalue weighted by atomic mass is 10.1. The zero-order chi connectivity index (χ0) is 9.84. The largest absolute Gasteiger partial charge is 0.480 e. The molecule has 88 valence electrons. The van der Waals surface area contributed by atoms with Gasteiger partial charge in [0.15, 0.2) is 0 Å². The Kier molecular flexibility index (Phi) is 8.33. The summed E-state index contributed by atoms with van der Waals surface area (Å²) >= 11 is 0. The monoisotopic (exact) mass is 255 g/mol. The molecular weight excluding hydrogens is 241 g/mol. The van der Waals surface area contributed by atoms with Gasteiger partial charge in [0.25, 0.3) is 0 Å². The lowest BCUT2D eigenvalue weighted by molar-refractivity contribution is -0.142. The minimum atomic E-state index is -0.820. The van der Waals surface area contributed by atoms with E-state index in [0.717, 1.165) is 5.69 Å². The van der Waals surface area contributed by atoms with E-state index in [0.29, 0.717) is 6.42 Å². The van der Waals surface area contributed by atoms with Gasteiger partial charge in [-0.2, -0.15) is 0 Å².